The highest BCUT2D eigenvalue weighted by Crippen LogP contribution is 2.25. The number of nitrogens with zero attached hydrogens (tertiary/aromatic N) is 2. The Balaban J connectivity index is 2.64. The van der Waals surface area contributed by atoms with Crippen molar-refractivity contribution in [2.24, 2.45) is 0 Å². The van der Waals surface area contributed by atoms with Crippen LogP contribution in [-0.4, -0.2) is 21.2 Å². The number of aryl methyl sites for hydroxylation is 1. The fourth-order valence-electron chi connectivity index (χ4n) is 2.32. The summed E-state index contributed by atoms with van der Waals surface area (Å²) in [7, 11) is 0. The third-order valence-electron chi connectivity index (χ3n) is 3.09. The Labute approximate surface area is 134 Å². The molecule has 0 aliphatic heterocycles. The quantitative estimate of drug-likeness (QED) is 0.771. The Morgan fingerprint density at radius 3 is 2.64 bits per heavy atom. The smallest absolute Gasteiger partial charge is 0.420 e. The van der Waals surface area contributed by atoms with Crippen LogP contribution in [0.1, 0.15) is 45.5 Å². The predicted octanol–water partition coefficient (Wildman–Crippen LogP) is 4.65. The van der Waals surface area contributed by atoms with Crippen molar-refractivity contribution in [2.45, 2.75) is 52.0 Å². The summed E-state index contributed by atoms with van der Waals surface area (Å²) >= 11 is 5.90. The monoisotopic (exact) mass is 326 g/mol. The highest BCUT2D eigenvalue weighted by Gasteiger charge is 2.24. The van der Waals surface area contributed by atoms with E-state index in [1.807, 2.05) is 6.92 Å². The van der Waals surface area contributed by atoms with Crippen LogP contribution in [0.2, 0.25) is 0 Å². The van der Waals surface area contributed by atoms with Crippen molar-refractivity contribution in [3.8, 4) is 0 Å². The van der Waals surface area contributed by atoms with E-state index in [0.29, 0.717) is 23.3 Å². The van der Waals surface area contributed by atoms with Gasteiger partial charge >= 0.3 is 6.09 Å². The maximum absolute atomic E-state index is 13.9. The van der Waals surface area contributed by atoms with Gasteiger partial charge in [0.1, 0.15) is 17.2 Å². The van der Waals surface area contributed by atoms with Crippen LogP contribution in [-0.2, 0) is 17.0 Å². The Morgan fingerprint density at radius 2 is 2.09 bits per heavy atom. The van der Waals surface area contributed by atoms with Crippen LogP contribution in [0.15, 0.2) is 12.1 Å². The highest BCUT2D eigenvalue weighted by molar-refractivity contribution is 6.17. The molecule has 0 amide bonds. The molecule has 0 saturated heterocycles. The summed E-state index contributed by atoms with van der Waals surface area (Å²) in [5, 5.41) is 0. The maximum atomic E-state index is 13.9. The van der Waals surface area contributed by atoms with E-state index in [0.717, 1.165) is 12.0 Å². The summed E-state index contributed by atoms with van der Waals surface area (Å²) in [6.07, 6.45) is 0.939. The topological polar surface area (TPSA) is 44.1 Å². The fraction of sp³-hybridized carbons (Fsp3) is 0.500. The molecule has 0 radical (unpaired) electrons. The van der Waals surface area contributed by atoms with Crippen molar-refractivity contribution in [3.05, 3.63) is 29.3 Å². The zero-order valence-corrected chi connectivity index (χ0v) is 14.0. The third kappa shape index (κ3) is 3.40. The van der Waals surface area contributed by atoms with Crippen molar-refractivity contribution in [2.75, 3.05) is 0 Å². The zero-order chi connectivity index (χ0) is 16.5. The fourth-order valence-corrected chi connectivity index (χ4v) is 2.50. The summed E-state index contributed by atoms with van der Waals surface area (Å²) in [6, 6.07) is 2.75. The standard InChI is InChI=1S/C16H20ClFN2O2/c1-5-6-10-7-11(18)8-12-14(10)19-13(9-17)20(12)15(21)22-16(2,3)4/h7-8H,5-6,9H2,1-4H3. The largest absolute Gasteiger partial charge is 0.443 e. The summed E-state index contributed by atoms with van der Waals surface area (Å²) in [6.45, 7) is 7.32. The molecule has 0 bridgehead atoms. The van der Waals surface area contributed by atoms with Gasteiger partial charge in [-0.3, -0.25) is 0 Å². The molecule has 1 heterocycles. The van der Waals surface area contributed by atoms with Gasteiger partial charge in [-0.25, -0.2) is 18.7 Å². The minimum absolute atomic E-state index is 0.0428. The van der Waals surface area contributed by atoms with Gasteiger partial charge in [0.15, 0.2) is 0 Å². The van der Waals surface area contributed by atoms with Crippen LogP contribution in [0.25, 0.3) is 11.0 Å². The van der Waals surface area contributed by atoms with Gasteiger partial charge in [0.2, 0.25) is 0 Å². The molecule has 120 valence electrons. The lowest BCUT2D eigenvalue weighted by Gasteiger charge is -2.20. The van der Waals surface area contributed by atoms with Gasteiger partial charge in [-0.2, -0.15) is 0 Å². The Morgan fingerprint density at radius 1 is 1.41 bits per heavy atom. The average molecular weight is 327 g/mol. The number of alkyl halides is 1. The van der Waals surface area contributed by atoms with Crippen LogP contribution in [0, 0.1) is 5.82 Å². The lowest BCUT2D eigenvalue weighted by molar-refractivity contribution is 0.0540. The van der Waals surface area contributed by atoms with E-state index in [9.17, 15) is 9.18 Å². The van der Waals surface area contributed by atoms with E-state index in [2.05, 4.69) is 4.98 Å². The molecule has 2 aromatic rings. The third-order valence-corrected chi connectivity index (χ3v) is 3.33. The number of fused-ring (bicyclic) bond motifs is 1. The molecular formula is C16H20ClFN2O2. The normalized spacial score (nSPS) is 11.9. The average Bonchev–Trinajstić information content (AvgIpc) is 2.75. The number of rotatable bonds is 3. The first kappa shape index (κ1) is 16.7. The summed E-state index contributed by atoms with van der Waals surface area (Å²) < 4.78 is 20.5. The number of carbonyl (C=O) groups excluding carboxylic acids is 1. The lowest BCUT2D eigenvalue weighted by Crippen LogP contribution is -2.28. The summed E-state index contributed by atoms with van der Waals surface area (Å²) in [4.78, 5) is 16.8. The van der Waals surface area contributed by atoms with Crippen LogP contribution in [0.5, 0.6) is 0 Å². The first-order valence-corrected chi connectivity index (χ1v) is 7.79. The van der Waals surface area contributed by atoms with E-state index >= 15 is 0 Å². The van der Waals surface area contributed by atoms with E-state index in [1.54, 1.807) is 20.8 Å². The van der Waals surface area contributed by atoms with Gasteiger partial charge < -0.3 is 4.74 Å². The second kappa shape index (κ2) is 6.24. The number of benzene rings is 1. The van der Waals surface area contributed by atoms with Gasteiger partial charge in [-0.1, -0.05) is 13.3 Å². The Hall–Kier alpha value is -1.62. The number of ether oxygens (including phenoxy) is 1. The van der Waals surface area contributed by atoms with Crippen LogP contribution in [0.3, 0.4) is 0 Å². The molecule has 1 aromatic carbocycles. The minimum atomic E-state index is -0.656. The first-order valence-electron chi connectivity index (χ1n) is 7.26. The molecule has 2 rings (SSSR count). The van der Waals surface area contributed by atoms with Crippen molar-refractivity contribution in [1.82, 2.24) is 9.55 Å². The molecule has 0 fully saturated rings. The molecule has 1 aromatic heterocycles. The van der Waals surface area contributed by atoms with Crippen molar-refractivity contribution >= 4 is 28.7 Å². The van der Waals surface area contributed by atoms with E-state index in [-0.39, 0.29) is 5.88 Å². The van der Waals surface area contributed by atoms with Crippen molar-refractivity contribution < 1.29 is 13.9 Å². The van der Waals surface area contributed by atoms with Gasteiger partial charge in [-0.05, 0) is 38.8 Å². The number of carbonyl (C=O) groups is 1. The van der Waals surface area contributed by atoms with Crippen LogP contribution < -0.4 is 0 Å². The Kier molecular flexibility index (Phi) is 4.75. The lowest BCUT2D eigenvalue weighted by atomic mass is 10.1. The molecule has 0 aliphatic rings. The van der Waals surface area contributed by atoms with Crippen molar-refractivity contribution in [3.63, 3.8) is 0 Å². The molecule has 0 spiro atoms. The minimum Gasteiger partial charge on any atom is -0.443 e. The predicted molar refractivity (Wildman–Crippen MR) is 84.9 cm³/mol. The number of hydrogen-bond donors (Lipinski definition) is 0. The molecule has 0 atom stereocenters. The number of halogens is 2. The zero-order valence-electron chi connectivity index (χ0n) is 13.2. The highest BCUT2D eigenvalue weighted by atomic mass is 35.5. The summed E-state index contributed by atoms with van der Waals surface area (Å²) in [5.41, 5.74) is 1.11. The van der Waals surface area contributed by atoms with Crippen molar-refractivity contribution in [1.29, 1.82) is 0 Å². The van der Waals surface area contributed by atoms with Crippen LogP contribution in [0.4, 0.5) is 9.18 Å². The van der Waals surface area contributed by atoms with E-state index in [4.69, 9.17) is 16.3 Å². The molecule has 22 heavy (non-hydrogen) atoms. The SMILES string of the molecule is CCCc1cc(F)cc2c1nc(CCl)n2C(=O)OC(C)(C)C. The summed E-state index contributed by atoms with van der Waals surface area (Å²) in [5.74, 6) is -0.00293. The number of aromatic nitrogens is 2. The van der Waals surface area contributed by atoms with E-state index in [1.165, 1.54) is 16.7 Å². The second-order valence-corrected chi connectivity index (χ2v) is 6.43. The maximum Gasteiger partial charge on any atom is 0.420 e. The molecule has 6 heteroatoms. The second-order valence-electron chi connectivity index (χ2n) is 6.16. The molecule has 4 nitrogen and oxygen atoms in total. The first-order chi connectivity index (χ1) is 10.3. The van der Waals surface area contributed by atoms with Gasteiger partial charge in [-0.15, -0.1) is 11.6 Å². The number of imidazole rings is 1. The number of hydrogen-bond acceptors (Lipinski definition) is 3. The van der Waals surface area contributed by atoms with Crippen LogP contribution >= 0.6 is 11.6 Å². The van der Waals surface area contributed by atoms with Gasteiger partial charge in [0.25, 0.3) is 0 Å². The van der Waals surface area contributed by atoms with E-state index < -0.39 is 17.5 Å². The van der Waals surface area contributed by atoms with Gasteiger partial charge in [0, 0.05) is 6.07 Å². The van der Waals surface area contributed by atoms with Gasteiger partial charge in [0.05, 0.1) is 16.9 Å². The molecular weight excluding hydrogens is 307 g/mol. The molecule has 0 aliphatic carbocycles. The Bertz CT molecular complexity index is 704. The molecule has 0 saturated carbocycles. The molecule has 0 N–H and O–H groups in total. The molecule has 0 unspecified atom stereocenters.